The van der Waals surface area contributed by atoms with E-state index in [0.717, 1.165) is 48.6 Å². The van der Waals surface area contributed by atoms with Gasteiger partial charge in [0.1, 0.15) is 0 Å². The lowest BCUT2D eigenvalue weighted by Gasteiger charge is -2.37. The SMILES string of the molecule is O[C@H]1CC[C@H](N(Cc2cnc[nH]2)c2cccc(Cl)c2)CC1. The zero-order chi connectivity index (χ0) is 14.7. The Morgan fingerprint density at radius 1 is 1.29 bits per heavy atom. The van der Waals surface area contributed by atoms with Crippen LogP contribution in [0.5, 0.6) is 0 Å². The molecule has 0 unspecified atom stereocenters. The van der Waals surface area contributed by atoms with Gasteiger partial charge in [-0.15, -0.1) is 0 Å². The van der Waals surface area contributed by atoms with Gasteiger partial charge < -0.3 is 15.0 Å². The van der Waals surface area contributed by atoms with E-state index in [1.54, 1.807) is 6.33 Å². The Morgan fingerprint density at radius 3 is 2.76 bits per heavy atom. The van der Waals surface area contributed by atoms with Crippen LogP contribution in [0.15, 0.2) is 36.8 Å². The van der Waals surface area contributed by atoms with Crippen molar-refractivity contribution < 1.29 is 5.11 Å². The van der Waals surface area contributed by atoms with Gasteiger partial charge >= 0.3 is 0 Å². The molecule has 5 heteroatoms. The van der Waals surface area contributed by atoms with E-state index in [4.69, 9.17) is 11.6 Å². The first-order valence-corrected chi connectivity index (χ1v) is 7.77. The molecule has 0 bridgehead atoms. The number of nitrogens with zero attached hydrogens (tertiary/aromatic N) is 2. The Hall–Kier alpha value is -1.52. The molecule has 0 radical (unpaired) electrons. The number of rotatable bonds is 4. The van der Waals surface area contributed by atoms with Crippen molar-refractivity contribution >= 4 is 17.3 Å². The second-order valence-electron chi connectivity index (χ2n) is 5.65. The van der Waals surface area contributed by atoms with Gasteiger partial charge in [0.25, 0.3) is 0 Å². The molecule has 1 saturated carbocycles. The second kappa shape index (κ2) is 6.50. The fourth-order valence-corrected chi connectivity index (χ4v) is 3.20. The van der Waals surface area contributed by atoms with Crippen LogP contribution in [-0.4, -0.2) is 27.2 Å². The normalized spacial score (nSPS) is 22.2. The van der Waals surface area contributed by atoms with Crippen LogP contribution >= 0.6 is 11.6 Å². The molecule has 2 N–H and O–H groups in total. The van der Waals surface area contributed by atoms with E-state index >= 15 is 0 Å². The van der Waals surface area contributed by atoms with Gasteiger partial charge in [0.15, 0.2) is 0 Å². The third-order valence-corrected chi connectivity index (χ3v) is 4.38. The van der Waals surface area contributed by atoms with Gasteiger partial charge in [-0.3, -0.25) is 0 Å². The minimum absolute atomic E-state index is 0.144. The minimum Gasteiger partial charge on any atom is -0.393 e. The van der Waals surface area contributed by atoms with Crippen molar-refractivity contribution in [2.24, 2.45) is 0 Å². The lowest BCUT2D eigenvalue weighted by Crippen LogP contribution is -2.38. The summed E-state index contributed by atoms with van der Waals surface area (Å²) in [4.78, 5) is 9.63. The molecule has 0 amide bonds. The van der Waals surface area contributed by atoms with E-state index in [9.17, 15) is 5.11 Å². The smallest absolute Gasteiger partial charge is 0.0922 e. The fraction of sp³-hybridized carbons (Fsp3) is 0.438. The summed E-state index contributed by atoms with van der Waals surface area (Å²) in [6, 6.07) is 8.39. The average molecular weight is 306 g/mol. The maximum absolute atomic E-state index is 9.72. The van der Waals surface area contributed by atoms with Crippen LogP contribution in [0, 0.1) is 0 Å². The Bertz CT molecular complexity index is 565. The minimum atomic E-state index is -0.144. The van der Waals surface area contributed by atoms with Crippen molar-refractivity contribution in [3.8, 4) is 0 Å². The first-order chi connectivity index (χ1) is 10.2. The summed E-state index contributed by atoms with van der Waals surface area (Å²) in [5, 5.41) is 10.5. The zero-order valence-corrected chi connectivity index (χ0v) is 12.6. The molecule has 2 aromatic rings. The van der Waals surface area contributed by atoms with Crippen LogP contribution in [-0.2, 0) is 6.54 Å². The van der Waals surface area contributed by atoms with E-state index in [0.29, 0.717) is 6.04 Å². The van der Waals surface area contributed by atoms with Crippen LogP contribution in [0.25, 0.3) is 0 Å². The molecule has 0 aliphatic heterocycles. The number of benzene rings is 1. The summed E-state index contributed by atoms with van der Waals surface area (Å²) in [6.45, 7) is 0.779. The Kier molecular flexibility index (Phi) is 4.46. The Balaban J connectivity index is 1.83. The van der Waals surface area contributed by atoms with Gasteiger partial charge in [-0.2, -0.15) is 0 Å². The highest BCUT2D eigenvalue weighted by Crippen LogP contribution is 2.30. The molecule has 3 rings (SSSR count). The van der Waals surface area contributed by atoms with Gasteiger partial charge in [0.05, 0.1) is 24.7 Å². The molecule has 1 heterocycles. The van der Waals surface area contributed by atoms with Crippen molar-refractivity contribution in [3.05, 3.63) is 47.5 Å². The number of hydrogen-bond donors (Lipinski definition) is 2. The number of imidazole rings is 1. The molecule has 4 nitrogen and oxygen atoms in total. The molecule has 0 saturated heterocycles. The predicted octanol–water partition coefficient (Wildman–Crippen LogP) is 3.37. The molecular weight excluding hydrogens is 286 g/mol. The third-order valence-electron chi connectivity index (χ3n) is 4.14. The summed E-state index contributed by atoms with van der Waals surface area (Å²) in [5.74, 6) is 0. The van der Waals surface area contributed by atoms with Crippen LogP contribution in [0.3, 0.4) is 0 Å². The maximum atomic E-state index is 9.72. The summed E-state index contributed by atoms with van der Waals surface area (Å²) in [5.41, 5.74) is 2.21. The van der Waals surface area contributed by atoms with E-state index in [-0.39, 0.29) is 6.10 Å². The highest BCUT2D eigenvalue weighted by atomic mass is 35.5. The average Bonchev–Trinajstić information content (AvgIpc) is 2.99. The molecule has 1 aliphatic rings. The number of aliphatic hydroxyl groups is 1. The molecule has 0 atom stereocenters. The molecule has 21 heavy (non-hydrogen) atoms. The lowest BCUT2D eigenvalue weighted by molar-refractivity contribution is 0.121. The Labute approximate surface area is 129 Å². The summed E-state index contributed by atoms with van der Waals surface area (Å²) >= 11 is 6.15. The zero-order valence-electron chi connectivity index (χ0n) is 11.9. The number of H-pyrrole nitrogens is 1. The number of anilines is 1. The van der Waals surface area contributed by atoms with Gasteiger partial charge in [0.2, 0.25) is 0 Å². The number of aliphatic hydroxyl groups excluding tert-OH is 1. The van der Waals surface area contributed by atoms with Crippen LogP contribution in [0.4, 0.5) is 5.69 Å². The van der Waals surface area contributed by atoms with Gasteiger partial charge in [-0.05, 0) is 43.9 Å². The van der Waals surface area contributed by atoms with E-state index < -0.39 is 0 Å². The molecular formula is C16H20ClN3O. The predicted molar refractivity (Wildman–Crippen MR) is 84.5 cm³/mol. The number of aromatic nitrogens is 2. The second-order valence-corrected chi connectivity index (χ2v) is 6.08. The summed E-state index contributed by atoms with van der Waals surface area (Å²) in [7, 11) is 0. The van der Waals surface area contributed by atoms with Crippen molar-refractivity contribution in [3.63, 3.8) is 0 Å². The van der Waals surface area contributed by atoms with Crippen molar-refractivity contribution in [2.45, 2.75) is 44.4 Å². The van der Waals surface area contributed by atoms with Crippen molar-refractivity contribution in [2.75, 3.05) is 4.90 Å². The quantitative estimate of drug-likeness (QED) is 0.910. The highest BCUT2D eigenvalue weighted by Gasteiger charge is 2.25. The Morgan fingerprint density at radius 2 is 2.10 bits per heavy atom. The summed E-state index contributed by atoms with van der Waals surface area (Å²) < 4.78 is 0. The topological polar surface area (TPSA) is 52.1 Å². The molecule has 1 fully saturated rings. The number of nitrogens with one attached hydrogen (secondary N) is 1. The molecule has 0 spiro atoms. The molecule has 112 valence electrons. The maximum Gasteiger partial charge on any atom is 0.0922 e. The fourth-order valence-electron chi connectivity index (χ4n) is 3.01. The standard InChI is InChI=1S/C16H20ClN3O/c17-12-2-1-3-15(8-12)20(10-13-9-18-11-19-13)14-4-6-16(21)7-5-14/h1-3,8-9,11,14,16,21H,4-7,10H2,(H,18,19)/t14-,16-. The molecule has 1 aliphatic carbocycles. The lowest BCUT2D eigenvalue weighted by atomic mass is 9.91. The highest BCUT2D eigenvalue weighted by molar-refractivity contribution is 6.30. The van der Waals surface area contributed by atoms with Crippen molar-refractivity contribution in [1.29, 1.82) is 0 Å². The number of aromatic amines is 1. The largest absolute Gasteiger partial charge is 0.393 e. The van der Waals surface area contributed by atoms with Crippen molar-refractivity contribution in [1.82, 2.24) is 9.97 Å². The first-order valence-electron chi connectivity index (χ1n) is 7.40. The van der Waals surface area contributed by atoms with E-state index in [1.165, 1.54) is 0 Å². The van der Waals surface area contributed by atoms with Crippen LogP contribution in [0.2, 0.25) is 5.02 Å². The number of hydrogen-bond acceptors (Lipinski definition) is 3. The van der Waals surface area contributed by atoms with Crippen LogP contribution < -0.4 is 4.90 Å². The van der Waals surface area contributed by atoms with Gasteiger partial charge in [0, 0.05) is 22.9 Å². The van der Waals surface area contributed by atoms with Gasteiger partial charge in [-0.25, -0.2) is 4.98 Å². The third kappa shape index (κ3) is 3.57. The number of halogens is 1. The molecule has 1 aromatic heterocycles. The van der Waals surface area contributed by atoms with Crippen LogP contribution in [0.1, 0.15) is 31.4 Å². The van der Waals surface area contributed by atoms with E-state index in [1.807, 2.05) is 24.4 Å². The first kappa shape index (κ1) is 14.4. The monoisotopic (exact) mass is 305 g/mol. The molecule has 1 aromatic carbocycles. The van der Waals surface area contributed by atoms with E-state index in [2.05, 4.69) is 20.9 Å². The van der Waals surface area contributed by atoms with Gasteiger partial charge in [-0.1, -0.05) is 17.7 Å². The summed E-state index contributed by atoms with van der Waals surface area (Å²) in [6.07, 6.45) is 7.15.